The highest BCUT2D eigenvalue weighted by Gasteiger charge is 2.34. The Morgan fingerprint density at radius 3 is 1.65 bits per heavy atom. The third kappa shape index (κ3) is 19.9. The average molecular weight is 1360 g/mol. The second kappa shape index (κ2) is 30.9. The number of aromatic nitrogens is 2. The zero-order valence-corrected chi connectivity index (χ0v) is 59.1. The summed E-state index contributed by atoms with van der Waals surface area (Å²) in [7, 11) is 0. The number of rotatable bonds is 16. The molecule has 0 spiro atoms. The maximum atomic E-state index is 13.3. The quantitative estimate of drug-likeness (QED) is 0.0519. The fourth-order valence-corrected chi connectivity index (χ4v) is 15.2. The molecule has 19 nitrogen and oxygen atoms in total. The molecule has 0 saturated heterocycles. The fraction of sp³-hybridized carbons (Fsp3) is 0.423. The van der Waals surface area contributed by atoms with Crippen LogP contribution < -0.4 is 16.4 Å². The summed E-state index contributed by atoms with van der Waals surface area (Å²) in [6.07, 6.45) is 2.88. The molecule has 0 fully saturated rings. The van der Waals surface area contributed by atoms with Gasteiger partial charge in [0.15, 0.2) is 0 Å². The van der Waals surface area contributed by atoms with Crippen LogP contribution in [-0.2, 0) is 56.2 Å². The summed E-state index contributed by atoms with van der Waals surface area (Å²) in [6, 6.07) is 29.1. The van der Waals surface area contributed by atoms with Gasteiger partial charge in [-0.15, -0.1) is 45.3 Å². The first kappa shape index (κ1) is 71.6. The highest BCUT2D eigenvalue weighted by molar-refractivity contribution is 7.23. The summed E-state index contributed by atoms with van der Waals surface area (Å²) in [5, 5.41) is 17.5. The molecule has 500 valence electrons. The number of nitrogens with one attached hydrogen (secondary N) is 2. The Balaban J connectivity index is 0.000000218. The van der Waals surface area contributed by atoms with Crippen LogP contribution in [-0.4, -0.2) is 114 Å². The van der Waals surface area contributed by atoms with Gasteiger partial charge in [0.2, 0.25) is 5.91 Å². The van der Waals surface area contributed by atoms with Crippen LogP contribution in [0.5, 0.6) is 0 Å². The number of anilines is 3. The van der Waals surface area contributed by atoms with Crippen LogP contribution in [0.25, 0.3) is 41.6 Å². The number of amides is 5. The number of nitrogens with two attached hydrogens (primary N) is 1. The number of thiazole rings is 2. The molecule has 0 aliphatic carbocycles. The zero-order valence-electron chi connectivity index (χ0n) is 55.9. The number of ketones is 1. The Morgan fingerprint density at radius 1 is 0.628 bits per heavy atom. The van der Waals surface area contributed by atoms with Gasteiger partial charge in [-0.2, -0.15) is 0 Å². The van der Waals surface area contributed by atoms with E-state index in [9.17, 15) is 38.7 Å². The molecule has 5 N–H and O–H groups in total. The molecular formula is C71H86N8O11S4. The van der Waals surface area contributed by atoms with E-state index in [4.69, 9.17) is 29.9 Å². The average Bonchev–Trinajstić information content (AvgIpc) is 1.62. The van der Waals surface area contributed by atoms with Crippen molar-refractivity contribution in [3.63, 3.8) is 0 Å². The van der Waals surface area contributed by atoms with Gasteiger partial charge in [-0.05, 0) is 173 Å². The van der Waals surface area contributed by atoms with Crippen molar-refractivity contribution in [1.82, 2.24) is 24.7 Å². The van der Waals surface area contributed by atoms with E-state index in [0.29, 0.717) is 78.9 Å². The number of thiophene rings is 2. The molecule has 0 bridgehead atoms. The van der Waals surface area contributed by atoms with Gasteiger partial charge in [0.25, 0.3) is 5.91 Å². The van der Waals surface area contributed by atoms with Crippen LogP contribution in [0.3, 0.4) is 0 Å². The van der Waals surface area contributed by atoms with Gasteiger partial charge in [-0.1, -0.05) is 56.7 Å². The van der Waals surface area contributed by atoms with Gasteiger partial charge in [-0.3, -0.25) is 14.4 Å². The van der Waals surface area contributed by atoms with E-state index in [-0.39, 0.29) is 48.3 Å². The molecule has 0 unspecified atom stereocenters. The number of fused-ring (bicyclic) bond motifs is 4. The molecule has 5 amide bonds. The van der Waals surface area contributed by atoms with Crippen molar-refractivity contribution < 1.29 is 52.9 Å². The van der Waals surface area contributed by atoms with E-state index >= 15 is 0 Å². The Kier molecular flexibility index (Phi) is 23.5. The molecule has 94 heavy (non-hydrogen) atoms. The smallest absolute Gasteiger partial charge is 0.410 e. The zero-order chi connectivity index (χ0) is 68.4. The summed E-state index contributed by atoms with van der Waals surface area (Å²) < 4.78 is 18.6. The van der Waals surface area contributed by atoms with Crippen LogP contribution in [0.2, 0.25) is 0 Å². The normalized spacial score (nSPS) is 13.1. The van der Waals surface area contributed by atoms with Gasteiger partial charge >= 0.3 is 24.2 Å². The molecule has 2 aliphatic heterocycles. The van der Waals surface area contributed by atoms with Gasteiger partial charge in [0, 0.05) is 87.6 Å². The number of ether oxygens (including phenoxy) is 3. The fourth-order valence-electron chi connectivity index (χ4n) is 10.3. The molecule has 10 rings (SSSR count). The van der Waals surface area contributed by atoms with Crippen molar-refractivity contribution in [3.05, 3.63) is 134 Å². The van der Waals surface area contributed by atoms with Crippen molar-refractivity contribution in [3.8, 4) is 21.1 Å². The topological polar surface area (TPSA) is 253 Å². The van der Waals surface area contributed by atoms with Crippen LogP contribution in [0.15, 0.2) is 97.1 Å². The van der Waals surface area contributed by atoms with Crippen molar-refractivity contribution in [2.75, 3.05) is 36.0 Å². The lowest BCUT2D eigenvalue weighted by Gasteiger charge is -2.30. The summed E-state index contributed by atoms with van der Waals surface area (Å²) in [5.41, 5.74) is 11.0. The number of benzene rings is 4. The molecule has 2 aliphatic rings. The summed E-state index contributed by atoms with van der Waals surface area (Å²) in [4.78, 5) is 107. The molecule has 0 radical (unpaired) electrons. The largest absolute Gasteiger partial charge is 0.478 e. The highest BCUT2D eigenvalue weighted by atomic mass is 32.1. The Morgan fingerprint density at radius 2 is 1.14 bits per heavy atom. The van der Waals surface area contributed by atoms with Crippen LogP contribution in [0.4, 0.5) is 30.8 Å². The minimum Gasteiger partial charge on any atom is -0.478 e. The first-order chi connectivity index (χ1) is 44.3. The van der Waals surface area contributed by atoms with Crippen molar-refractivity contribution >= 4 is 124 Å². The van der Waals surface area contributed by atoms with Crippen molar-refractivity contribution in [1.29, 1.82) is 0 Å². The van der Waals surface area contributed by atoms with E-state index in [1.54, 1.807) is 65.4 Å². The third-order valence-electron chi connectivity index (χ3n) is 14.7. The number of Topliss-reactive ketones (excluding diaryl/α,β-unsaturated/α-hetero) is 1. The number of carboxylic acid groups (broad SMARTS) is 1. The van der Waals surface area contributed by atoms with E-state index in [1.165, 1.54) is 33.6 Å². The molecule has 0 atom stereocenters. The molecular weight excluding hydrogens is 1270 g/mol. The number of nitrogen functional groups attached to an aromatic ring is 1. The predicted molar refractivity (Wildman–Crippen MR) is 377 cm³/mol. The van der Waals surface area contributed by atoms with Gasteiger partial charge in [0.1, 0.15) is 37.6 Å². The molecule has 6 heterocycles. The number of nitrogens with zero attached hydrogens (tertiary/aromatic N) is 5. The molecule has 8 aromatic rings. The van der Waals surface area contributed by atoms with Crippen LogP contribution >= 0.6 is 45.3 Å². The monoisotopic (exact) mass is 1350 g/mol. The number of hydrogen-bond acceptors (Lipinski definition) is 17. The van der Waals surface area contributed by atoms with Gasteiger partial charge < -0.3 is 50.4 Å². The molecule has 4 aromatic heterocycles. The minimum atomic E-state index is -1.04. The maximum absolute atomic E-state index is 13.3. The minimum absolute atomic E-state index is 0.0469. The van der Waals surface area contributed by atoms with E-state index in [2.05, 4.69) is 24.5 Å². The lowest BCUT2D eigenvalue weighted by atomic mass is 9.99. The molecule has 4 aromatic carbocycles. The van der Waals surface area contributed by atoms with E-state index < -0.39 is 35.0 Å². The van der Waals surface area contributed by atoms with Crippen LogP contribution in [0.1, 0.15) is 162 Å². The lowest BCUT2D eigenvalue weighted by molar-refractivity contribution is -0.118. The van der Waals surface area contributed by atoms with E-state index in [0.717, 1.165) is 81.0 Å². The highest BCUT2D eigenvalue weighted by Crippen LogP contribution is 2.47. The number of carbonyl (C=O) groups is 7. The number of carboxylic acids is 1. The SMILES string of the molecule is CC(C)CCCC(=O)Cc1sc2c(c1-c1nc3cc(C(=O)Nc4ccccc4)ccc3s1)CCN(C(=O)OC(C)(C)C)C2.CC(C)N(CCC(=O)Nc1sc2c(c1-c1nc3cc(C(=O)O)ccc3s1)CCN(C(=O)OC(C)(C)C)C2)C(=O)OC(C)(C)C.Nc1ccccc1. The van der Waals surface area contributed by atoms with Gasteiger partial charge in [0.05, 0.1) is 39.1 Å². The number of para-hydroxylation sites is 2. The first-order valence-electron chi connectivity index (χ1n) is 31.5. The number of aromatic carboxylic acids is 1. The second-order valence-corrected chi connectivity index (χ2v) is 31.2. The molecule has 23 heteroatoms. The third-order valence-corrected chi connectivity index (χ3v) is 19.2. The Hall–Kier alpha value is -8.25. The van der Waals surface area contributed by atoms with Crippen molar-refractivity contribution in [2.24, 2.45) is 5.92 Å². The Bertz CT molecular complexity index is 4020. The summed E-state index contributed by atoms with van der Waals surface area (Å²) >= 11 is 5.99. The lowest BCUT2D eigenvalue weighted by Crippen LogP contribution is -2.42. The van der Waals surface area contributed by atoms with Crippen LogP contribution in [0, 0.1) is 5.92 Å². The second-order valence-electron chi connectivity index (χ2n) is 26.8. The maximum Gasteiger partial charge on any atom is 0.410 e. The molecule has 0 saturated carbocycles. The Labute approximate surface area is 566 Å². The van der Waals surface area contributed by atoms with E-state index in [1.807, 2.05) is 134 Å². The predicted octanol–water partition coefficient (Wildman–Crippen LogP) is 16.8. The number of carbonyl (C=O) groups excluding carboxylic acids is 6. The van der Waals surface area contributed by atoms with Gasteiger partial charge in [-0.25, -0.2) is 29.1 Å². The van der Waals surface area contributed by atoms with Crippen molar-refractivity contribution in [2.45, 2.75) is 171 Å². The first-order valence-corrected chi connectivity index (χ1v) is 34.8. The summed E-state index contributed by atoms with van der Waals surface area (Å²) in [5.74, 6) is -0.710. The number of hydrogen-bond donors (Lipinski definition) is 4. The summed E-state index contributed by atoms with van der Waals surface area (Å²) in [6.45, 7) is 26.5. The standard InChI is InChI=1S/C34H39N3O4S2.C31H40N4O7S2.C6H7N/c1-21(2)10-9-13-24(38)19-28-30(25-16-17-37(20-29(25)42-28)33(40)41-34(3,4)5)32-36-26-18-22(14-15-27(26)43-32)31(39)35-23-11-7-6-8-12-23;1-17(2)35(29(40)42-31(6,7)8)14-12-23(36)33-26-24(25-32-20-15-18(27(37)38)9-10-21(20)43-25)19-11-13-34(16-22(19)44-26)28(39)41-30(3,4)5;7-6-4-2-1-3-5-6/h6-8,11-12,14-15,18,21H,9-10,13,16-17,19-20H2,1-5H3,(H,35,39);9-10,15,17H,11-14,16H2,1-8H3,(H,33,36)(H,37,38);1-5H,7H2.